The van der Waals surface area contributed by atoms with Crippen LogP contribution < -0.4 is 5.32 Å². The molecule has 0 radical (unpaired) electrons. The van der Waals surface area contributed by atoms with E-state index in [9.17, 15) is 4.79 Å². The fourth-order valence-corrected chi connectivity index (χ4v) is 1.92. The summed E-state index contributed by atoms with van der Waals surface area (Å²) in [6.45, 7) is 1.99. The molecule has 4 heteroatoms. The summed E-state index contributed by atoms with van der Waals surface area (Å²) in [5, 5.41) is 2.78. The highest BCUT2D eigenvalue weighted by molar-refractivity contribution is 6.02. The van der Waals surface area contributed by atoms with Crippen LogP contribution in [0.25, 0.3) is 11.5 Å². The van der Waals surface area contributed by atoms with Crippen LogP contribution in [0, 0.1) is 6.92 Å². The van der Waals surface area contributed by atoms with E-state index >= 15 is 0 Å². The second-order valence-electron chi connectivity index (χ2n) is 4.72. The van der Waals surface area contributed by atoms with Crippen LogP contribution in [0.3, 0.4) is 0 Å². The number of carbonyl (C=O) groups is 1. The zero-order valence-electron chi connectivity index (χ0n) is 11.5. The Labute approximate surface area is 122 Å². The molecule has 4 nitrogen and oxygen atoms in total. The second kappa shape index (κ2) is 5.63. The first-order valence-electron chi connectivity index (χ1n) is 6.61. The first kappa shape index (κ1) is 13.1. The Morgan fingerprint density at radius 1 is 1.05 bits per heavy atom. The lowest BCUT2D eigenvalue weighted by Crippen LogP contribution is -2.10. The lowest BCUT2D eigenvalue weighted by atomic mass is 10.2. The average Bonchev–Trinajstić information content (AvgIpc) is 3.00. The van der Waals surface area contributed by atoms with E-state index in [1.54, 1.807) is 0 Å². The minimum absolute atomic E-state index is 0.189. The predicted molar refractivity (Wildman–Crippen MR) is 81.1 cm³/mol. The van der Waals surface area contributed by atoms with E-state index in [1.807, 2.05) is 61.5 Å². The van der Waals surface area contributed by atoms with Gasteiger partial charge in [-0.2, -0.15) is 0 Å². The highest BCUT2D eigenvalue weighted by atomic mass is 16.4. The molecule has 0 aliphatic heterocycles. The number of nitrogens with one attached hydrogen (secondary N) is 1. The van der Waals surface area contributed by atoms with E-state index in [-0.39, 0.29) is 11.7 Å². The van der Waals surface area contributed by atoms with Crippen LogP contribution in [-0.4, -0.2) is 10.9 Å². The molecule has 0 saturated heterocycles. The summed E-state index contributed by atoms with van der Waals surface area (Å²) in [5.41, 5.74) is 2.70. The summed E-state index contributed by atoms with van der Waals surface area (Å²) in [6.07, 6.45) is 1.44. The normalized spacial score (nSPS) is 10.3. The van der Waals surface area contributed by atoms with Crippen molar-refractivity contribution in [3.8, 4) is 11.5 Å². The van der Waals surface area contributed by atoms with Gasteiger partial charge in [0, 0.05) is 11.3 Å². The minimum atomic E-state index is -0.312. The molecule has 0 aliphatic rings. The number of rotatable bonds is 3. The van der Waals surface area contributed by atoms with E-state index < -0.39 is 0 Å². The van der Waals surface area contributed by atoms with Gasteiger partial charge in [0.2, 0.25) is 11.7 Å². The summed E-state index contributed by atoms with van der Waals surface area (Å²) in [4.78, 5) is 16.2. The smallest absolute Gasteiger partial charge is 0.293 e. The quantitative estimate of drug-likeness (QED) is 0.790. The lowest BCUT2D eigenvalue weighted by Gasteiger charge is -2.02. The SMILES string of the molecule is Cc1ccc(NC(=O)c2cnc(-c3ccccc3)o2)cc1. The third kappa shape index (κ3) is 3.00. The van der Waals surface area contributed by atoms with Crippen LogP contribution in [-0.2, 0) is 0 Å². The molecule has 1 amide bonds. The van der Waals surface area contributed by atoms with Crippen molar-refractivity contribution in [2.75, 3.05) is 5.32 Å². The van der Waals surface area contributed by atoms with Crippen molar-refractivity contribution < 1.29 is 9.21 Å². The standard InChI is InChI=1S/C17H14N2O2/c1-12-7-9-14(10-8-12)19-16(20)15-11-18-17(21-15)13-5-3-2-4-6-13/h2-11H,1H3,(H,19,20). The molecule has 0 saturated carbocycles. The van der Waals surface area contributed by atoms with Gasteiger partial charge in [-0.15, -0.1) is 0 Å². The molecule has 1 aromatic heterocycles. The number of oxazole rings is 1. The summed E-state index contributed by atoms with van der Waals surface area (Å²) < 4.78 is 5.50. The number of nitrogens with zero attached hydrogens (tertiary/aromatic N) is 1. The third-order valence-electron chi connectivity index (χ3n) is 3.06. The predicted octanol–water partition coefficient (Wildman–Crippen LogP) is 3.90. The number of benzene rings is 2. The first-order chi connectivity index (χ1) is 10.2. The van der Waals surface area contributed by atoms with Crippen molar-refractivity contribution in [3.63, 3.8) is 0 Å². The Morgan fingerprint density at radius 2 is 1.76 bits per heavy atom. The van der Waals surface area contributed by atoms with Crippen LogP contribution in [0.4, 0.5) is 5.69 Å². The number of hydrogen-bond donors (Lipinski definition) is 1. The van der Waals surface area contributed by atoms with Gasteiger partial charge >= 0.3 is 0 Å². The molecule has 1 heterocycles. The van der Waals surface area contributed by atoms with Crippen LogP contribution >= 0.6 is 0 Å². The van der Waals surface area contributed by atoms with Gasteiger partial charge in [0.1, 0.15) is 0 Å². The maximum atomic E-state index is 12.1. The maximum Gasteiger partial charge on any atom is 0.293 e. The van der Waals surface area contributed by atoms with Gasteiger partial charge in [0.05, 0.1) is 6.20 Å². The van der Waals surface area contributed by atoms with Crippen molar-refractivity contribution in [2.24, 2.45) is 0 Å². The van der Waals surface area contributed by atoms with Crippen LogP contribution in [0.2, 0.25) is 0 Å². The van der Waals surface area contributed by atoms with E-state index in [0.717, 1.165) is 16.8 Å². The molecule has 0 aliphatic carbocycles. The summed E-state index contributed by atoms with van der Waals surface area (Å²) in [6, 6.07) is 17.0. The van der Waals surface area contributed by atoms with Gasteiger partial charge in [-0.05, 0) is 31.2 Å². The van der Waals surface area contributed by atoms with Gasteiger partial charge in [0.25, 0.3) is 5.91 Å². The molecule has 0 spiro atoms. The highest BCUT2D eigenvalue weighted by Gasteiger charge is 2.13. The van der Waals surface area contributed by atoms with Crippen LogP contribution in [0.5, 0.6) is 0 Å². The fourth-order valence-electron chi connectivity index (χ4n) is 1.92. The Balaban J connectivity index is 1.77. The van der Waals surface area contributed by atoms with Gasteiger partial charge in [-0.1, -0.05) is 35.9 Å². The zero-order valence-corrected chi connectivity index (χ0v) is 11.5. The fraction of sp³-hybridized carbons (Fsp3) is 0.0588. The number of aryl methyl sites for hydroxylation is 1. The summed E-state index contributed by atoms with van der Waals surface area (Å²) >= 11 is 0. The van der Waals surface area contributed by atoms with Crippen LogP contribution in [0.15, 0.2) is 65.2 Å². The van der Waals surface area contributed by atoms with Gasteiger partial charge in [0.15, 0.2) is 0 Å². The number of anilines is 1. The van der Waals surface area contributed by atoms with Gasteiger partial charge < -0.3 is 9.73 Å². The minimum Gasteiger partial charge on any atom is -0.431 e. The van der Waals surface area contributed by atoms with Crippen LogP contribution in [0.1, 0.15) is 16.1 Å². The molecule has 0 unspecified atom stereocenters. The van der Waals surface area contributed by atoms with Crippen molar-refractivity contribution in [1.29, 1.82) is 0 Å². The monoisotopic (exact) mass is 278 g/mol. The van der Waals surface area contributed by atoms with E-state index in [2.05, 4.69) is 10.3 Å². The zero-order chi connectivity index (χ0) is 14.7. The Hall–Kier alpha value is -2.88. The topological polar surface area (TPSA) is 55.1 Å². The number of aromatic nitrogens is 1. The Kier molecular flexibility index (Phi) is 3.51. The number of carbonyl (C=O) groups excluding carboxylic acids is 1. The second-order valence-corrected chi connectivity index (χ2v) is 4.72. The van der Waals surface area contributed by atoms with Gasteiger partial charge in [-0.3, -0.25) is 4.79 Å². The molecule has 0 atom stereocenters. The molecule has 3 aromatic rings. The molecule has 104 valence electrons. The molecular formula is C17H14N2O2. The number of amides is 1. The van der Waals surface area contributed by atoms with Crippen molar-refractivity contribution in [1.82, 2.24) is 4.98 Å². The van der Waals surface area contributed by atoms with Crippen molar-refractivity contribution in [2.45, 2.75) is 6.92 Å². The molecule has 1 N–H and O–H groups in total. The molecule has 0 fully saturated rings. The van der Waals surface area contributed by atoms with E-state index in [4.69, 9.17) is 4.42 Å². The van der Waals surface area contributed by atoms with Crippen molar-refractivity contribution in [3.05, 3.63) is 72.1 Å². The van der Waals surface area contributed by atoms with E-state index in [1.165, 1.54) is 6.20 Å². The Morgan fingerprint density at radius 3 is 2.48 bits per heavy atom. The van der Waals surface area contributed by atoms with Crippen molar-refractivity contribution >= 4 is 11.6 Å². The highest BCUT2D eigenvalue weighted by Crippen LogP contribution is 2.19. The molecule has 21 heavy (non-hydrogen) atoms. The third-order valence-corrected chi connectivity index (χ3v) is 3.06. The largest absolute Gasteiger partial charge is 0.431 e. The molecule has 2 aromatic carbocycles. The molecule has 3 rings (SSSR count). The first-order valence-corrected chi connectivity index (χ1v) is 6.61. The summed E-state index contributed by atoms with van der Waals surface area (Å²) in [7, 11) is 0. The molecular weight excluding hydrogens is 264 g/mol. The number of hydrogen-bond acceptors (Lipinski definition) is 3. The van der Waals surface area contributed by atoms with Gasteiger partial charge in [-0.25, -0.2) is 4.98 Å². The maximum absolute atomic E-state index is 12.1. The molecule has 0 bridgehead atoms. The lowest BCUT2D eigenvalue weighted by molar-refractivity contribution is 0.0997. The Bertz CT molecular complexity index is 746. The summed E-state index contributed by atoms with van der Waals surface area (Å²) in [5.74, 6) is 0.313. The average molecular weight is 278 g/mol. The van der Waals surface area contributed by atoms with E-state index in [0.29, 0.717) is 5.89 Å².